The SMILES string of the molecule is CCCCCCCCCCOC(=O)C1CCCCC1C(=O)OCC. The molecule has 2 unspecified atom stereocenters. The van der Waals surface area contributed by atoms with E-state index in [2.05, 4.69) is 6.92 Å². The Kier molecular flexibility index (Phi) is 11.6. The topological polar surface area (TPSA) is 52.6 Å². The summed E-state index contributed by atoms with van der Waals surface area (Å²) in [5, 5.41) is 0. The molecule has 4 nitrogen and oxygen atoms in total. The molecule has 1 rings (SSSR count). The van der Waals surface area contributed by atoms with E-state index in [1.807, 2.05) is 0 Å². The number of unbranched alkanes of at least 4 members (excludes halogenated alkanes) is 7. The Morgan fingerprint density at radius 1 is 0.750 bits per heavy atom. The Morgan fingerprint density at radius 3 is 1.79 bits per heavy atom. The van der Waals surface area contributed by atoms with E-state index in [1.54, 1.807) is 6.92 Å². The van der Waals surface area contributed by atoms with E-state index in [0.717, 1.165) is 38.5 Å². The van der Waals surface area contributed by atoms with E-state index in [0.29, 0.717) is 13.2 Å². The number of hydrogen-bond acceptors (Lipinski definition) is 4. The number of rotatable bonds is 12. The molecule has 2 atom stereocenters. The van der Waals surface area contributed by atoms with Crippen LogP contribution in [0.5, 0.6) is 0 Å². The Morgan fingerprint density at radius 2 is 1.25 bits per heavy atom. The number of esters is 2. The molecule has 0 aromatic rings. The molecule has 4 heteroatoms. The maximum Gasteiger partial charge on any atom is 0.309 e. The molecule has 0 heterocycles. The standard InChI is InChI=1S/C20H36O4/c1-3-5-6-7-8-9-10-13-16-24-20(22)18-15-12-11-14-17(18)19(21)23-4-2/h17-18H,3-16H2,1-2H3. The molecule has 0 bridgehead atoms. The Bertz CT molecular complexity index is 354. The van der Waals surface area contributed by atoms with Gasteiger partial charge in [-0.05, 0) is 26.2 Å². The summed E-state index contributed by atoms with van der Waals surface area (Å²) in [6.45, 7) is 4.89. The van der Waals surface area contributed by atoms with Crippen LogP contribution in [0.3, 0.4) is 0 Å². The van der Waals surface area contributed by atoms with Gasteiger partial charge in [0.25, 0.3) is 0 Å². The first-order valence-electron chi connectivity index (χ1n) is 10.0. The highest BCUT2D eigenvalue weighted by Crippen LogP contribution is 2.32. The summed E-state index contributed by atoms with van der Waals surface area (Å²) in [4.78, 5) is 24.3. The zero-order valence-electron chi connectivity index (χ0n) is 15.7. The molecule has 0 spiro atoms. The van der Waals surface area contributed by atoms with Gasteiger partial charge >= 0.3 is 11.9 Å². The van der Waals surface area contributed by atoms with Gasteiger partial charge in [-0.1, -0.05) is 64.7 Å². The third-order valence-electron chi connectivity index (χ3n) is 4.90. The highest BCUT2D eigenvalue weighted by molar-refractivity contribution is 5.82. The van der Waals surface area contributed by atoms with Crippen LogP contribution in [0.2, 0.25) is 0 Å². The molecule has 140 valence electrons. The minimum absolute atomic E-state index is 0.198. The van der Waals surface area contributed by atoms with E-state index in [-0.39, 0.29) is 23.8 Å². The maximum atomic E-state index is 12.3. The molecule has 1 aliphatic rings. The highest BCUT2D eigenvalue weighted by atomic mass is 16.5. The summed E-state index contributed by atoms with van der Waals surface area (Å²) >= 11 is 0. The lowest BCUT2D eigenvalue weighted by atomic mass is 9.79. The fourth-order valence-corrected chi connectivity index (χ4v) is 3.46. The van der Waals surface area contributed by atoms with Crippen LogP contribution in [0.15, 0.2) is 0 Å². The Labute approximate surface area is 147 Å². The Hall–Kier alpha value is -1.06. The lowest BCUT2D eigenvalue weighted by Crippen LogP contribution is -2.35. The van der Waals surface area contributed by atoms with Crippen molar-refractivity contribution in [2.75, 3.05) is 13.2 Å². The maximum absolute atomic E-state index is 12.3. The lowest BCUT2D eigenvalue weighted by molar-refractivity contribution is -0.162. The zero-order chi connectivity index (χ0) is 17.6. The van der Waals surface area contributed by atoms with Crippen molar-refractivity contribution in [1.82, 2.24) is 0 Å². The molecule has 1 saturated carbocycles. The van der Waals surface area contributed by atoms with E-state index < -0.39 is 0 Å². The molecule has 0 N–H and O–H groups in total. The first-order chi connectivity index (χ1) is 11.7. The van der Waals surface area contributed by atoms with Gasteiger partial charge in [-0.2, -0.15) is 0 Å². The van der Waals surface area contributed by atoms with Crippen molar-refractivity contribution < 1.29 is 19.1 Å². The molecule has 0 aromatic carbocycles. The second-order valence-electron chi connectivity index (χ2n) is 6.89. The Balaban J connectivity index is 2.17. The van der Waals surface area contributed by atoms with Crippen LogP contribution in [-0.4, -0.2) is 25.2 Å². The fourth-order valence-electron chi connectivity index (χ4n) is 3.46. The predicted octanol–water partition coefficient (Wildman–Crippen LogP) is 5.04. The van der Waals surface area contributed by atoms with Crippen molar-refractivity contribution in [1.29, 1.82) is 0 Å². The molecule has 0 saturated heterocycles. The third-order valence-corrected chi connectivity index (χ3v) is 4.90. The van der Waals surface area contributed by atoms with Gasteiger partial charge in [-0.15, -0.1) is 0 Å². The number of ether oxygens (including phenoxy) is 2. The first kappa shape index (κ1) is 21.0. The molecule has 0 aliphatic heterocycles. The van der Waals surface area contributed by atoms with Gasteiger partial charge in [0.15, 0.2) is 0 Å². The smallest absolute Gasteiger partial charge is 0.309 e. The minimum atomic E-state index is -0.301. The van der Waals surface area contributed by atoms with Crippen LogP contribution in [0, 0.1) is 11.8 Å². The second-order valence-corrected chi connectivity index (χ2v) is 6.89. The van der Waals surface area contributed by atoms with Crippen LogP contribution >= 0.6 is 0 Å². The summed E-state index contributed by atoms with van der Waals surface area (Å²) in [5.74, 6) is -1.03. The van der Waals surface area contributed by atoms with Crippen LogP contribution < -0.4 is 0 Å². The van der Waals surface area contributed by atoms with Gasteiger partial charge in [0, 0.05) is 0 Å². The van der Waals surface area contributed by atoms with Crippen LogP contribution in [0.4, 0.5) is 0 Å². The van der Waals surface area contributed by atoms with E-state index in [9.17, 15) is 9.59 Å². The van der Waals surface area contributed by atoms with Crippen molar-refractivity contribution in [2.45, 2.75) is 90.9 Å². The highest BCUT2D eigenvalue weighted by Gasteiger charge is 2.37. The van der Waals surface area contributed by atoms with Crippen molar-refractivity contribution in [3.05, 3.63) is 0 Å². The van der Waals surface area contributed by atoms with E-state index >= 15 is 0 Å². The summed E-state index contributed by atoms with van der Waals surface area (Å²) in [6, 6.07) is 0. The van der Waals surface area contributed by atoms with Gasteiger partial charge in [0.2, 0.25) is 0 Å². The van der Waals surface area contributed by atoms with Crippen molar-refractivity contribution >= 4 is 11.9 Å². The van der Waals surface area contributed by atoms with E-state index in [1.165, 1.54) is 38.5 Å². The summed E-state index contributed by atoms with van der Waals surface area (Å²) in [6.07, 6.45) is 13.3. The van der Waals surface area contributed by atoms with E-state index in [4.69, 9.17) is 9.47 Å². The number of hydrogen-bond donors (Lipinski definition) is 0. The average molecular weight is 341 g/mol. The lowest BCUT2D eigenvalue weighted by Gasteiger charge is -2.28. The second kappa shape index (κ2) is 13.3. The van der Waals surface area contributed by atoms with Gasteiger partial charge in [-0.3, -0.25) is 9.59 Å². The summed E-state index contributed by atoms with van der Waals surface area (Å²) in [5.41, 5.74) is 0. The molecule has 0 aromatic heterocycles. The normalized spacial score (nSPS) is 20.6. The quantitative estimate of drug-likeness (QED) is 0.369. The van der Waals surface area contributed by atoms with Crippen molar-refractivity contribution in [3.63, 3.8) is 0 Å². The van der Waals surface area contributed by atoms with Crippen LogP contribution in [0.1, 0.15) is 90.9 Å². The van der Waals surface area contributed by atoms with Gasteiger partial charge < -0.3 is 9.47 Å². The molecule has 0 radical (unpaired) electrons. The third kappa shape index (κ3) is 8.16. The molecule has 1 aliphatic carbocycles. The zero-order valence-corrected chi connectivity index (χ0v) is 15.7. The molecular formula is C20H36O4. The van der Waals surface area contributed by atoms with Crippen molar-refractivity contribution in [2.24, 2.45) is 11.8 Å². The number of carbonyl (C=O) groups excluding carboxylic acids is 2. The summed E-state index contributed by atoms with van der Waals surface area (Å²) < 4.78 is 10.6. The monoisotopic (exact) mass is 340 g/mol. The predicted molar refractivity (Wildman–Crippen MR) is 95.7 cm³/mol. The summed E-state index contributed by atoms with van der Waals surface area (Å²) in [7, 11) is 0. The molecular weight excluding hydrogens is 304 g/mol. The average Bonchev–Trinajstić information content (AvgIpc) is 2.60. The molecule has 0 amide bonds. The fraction of sp³-hybridized carbons (Fsp3) is 0.900. The number of carbonyl (C=O) groups is 2. The molecule has 1 fully saturated rings. The van der Waals surface area contributed by atoms with Gasteiger partial charge in [-0.25, -0.2) is 0 Å². The van der Waals surface area contributed by atoms with Gasteiger partial charge in [0.05, 0.1) is 25.0 Å². The van der Waals surface area contributed by atoms with Crippen LogP contribution in [0.25, 0.3) is 0 Å². The molecule has 24 heavy (non-hydrogen) atoms. The minimum Gasteiger partial charge on any atom is -0.466 e. The largest absolute Gasteiger partial charge is 0.466 e. The van der Waals surface area contributed by atoms with Gasteiger partial charge in [0.1, 0.15) is 0 Å². The first-order valence-corrected chi connectivity index (χ1v) is 10.0. The van der Waals surface area contributed by atoms with Crippen molar-refractivity contribution in [3.8, 4) is 0 Å². The van der Waals surface area contributed by atoms with Crippen LogP contribution in [-0.2, 0) is 19.1 Å².